The SMILES string of the molecule is COc1cc(C=CC(=O)NS(=O)(=O)CNc2ccc(F)cc2)ccc1OC(C)C. The molecule has 0 atom stereocenters. The molecule has 156 valence electrons. The minimum atomic E-state index is -3.93. The van der Waals surface area contributed by atoms with E-state index in [1.165, 1.54) is 37.5 Å². The van der Waals surface area contributed by atoms with E-state index in [1.54, 1.807) is 18.2 Å². The lowest BCUT2D eigenvalue weighted by Gasteiger charge is -2.13. The summed E-state index contributed by atoms with van der Waals surface area (Å²) in [5.74, 6) is -0.701. The van der Waals surface area contributed by atoms with Gasteiger partial charge in [0.25, 0.3) is 15.9 Å². The smallest absolute Gasteiger partial charge is 0.257 e. The molecule has 0 aliphatic heterocycles. The Labute approximate surface area is 169 Å². The molecular formula is C20H23FN2O5S. The van der Waals surface area contributed by atoms with E-state index in [4.69, 9.17) is 9.47 Å². The summed E-state index contributed by atoms with van der Waals surface area (Å²) in [6, 6.07) is 10.3. The first kappa shape index (κ1) is 22.2. The second kappa shape index (κ2) is 9.92. The number of carbonyl (C=O) groups is 1. The summed E-state index contributed by atoms with van der Waals surface area (Å²) in [7, 11) is -2.42. The number of anilines is 1. The third-order valence-corrected chi connectivity index (χ3v) is 4.58. The van der Waals surface area contributed by atoms with E-state index in [9.17, 15) is 17.6 Å². The molecule has 2 N–H and O–H groups in total. The maximum Gasteiger partial charge on any atom is 0.257 e. The summed E-state index contributed by atoms with van der Waals surface area (Å²) in [5, 5.41) is 2.60. The molecule has 1 amide bonds. The van der Waals surface area contributed by atoms with Gasteiger partial charge in [0.2, 0.25) is 0 Å². The Balaban J connectivity index is 1.96. The van der Waals surface area contributed by atoms with Crippen molar-refractivity contribution in [2.45, 2.75) is 20.0 Å². The Morgan fingerprint density at radius 2 is 1.83 bits per heavy atom. The van der Waals surface area contributed by atoms with Gasteiger partial charge in [0.1, 0.15) is 11.7 Å². The largest absolute Gasteiger partial charge is 0.493 e. The number of sulfonamides is 1. The lowest BCUT2D eigenvalue weighted by Crippen LogP contribution is -2.33. The molecule has 2 rings (SSSR count). The maximum atomic E-state index is 12.9. The lowest BCUT2D eigenvalue weighted by atomic mass is 10.2. The molecule has 0 heterocycles. The highest BCUT2D eigenvalue weighted by atomic mass is 32.2. The number of rotatable bonds is 9. The first-order valence-electron chi connectivity index (χ1n) is 8.75. The number of benzene rings is 2. The molecule has 0 radical (unpaired) electrons. The van der Waals surface area contributed by atoms with Gasteiger partial charge in [0.15, 0.2) is 11.5 Å². The van der Waals surface area contributed by atoms with E-state index < -0.39 is 27.6 Å². The summed E-state index contributed by atoms with van der Waals surface area (Å²) >= 11 is 0. The zero-order chi connectivity index (χ0) is 21.4. The normalized spacial score (nSPS) is 11.5. The quantitative estimate of drug-likeness (QED) is 0.603. The Morgan fingerprint density at radius 3 is 2.45 bits per heavy atom. The summed E-state index contributed by atoms with van der Waals surface area (Å²) in [6.45, 7) is 3.78. The zero-order valence-electron chi connectivity index (χ0n) is 16.3. The number of carbonyl (C=O) groups excluding carboxylic acids is 1. The molecular weight excluding hydrogens is 399 g/mol. The van der Waals surface area contributed by atoms with Crippen LogP contribution in [0, 0.1) is 5.82 Å². The lowest BCUT2D eigenvalue weighted by molar-refractivity contribution is -0.114. The molecule has 0 unspecified atom stereocenters. The molecule has 29 heavy (non-hydrogen) atoms. The van der Waals surface area contributed by atoms with Crippen LogP contribution in [0.1, 0.15) is 19.4 Å². The predicted molar refractivity (Wildman–Crippen MR) is 110 cm³/mol. The number of halogens is 1. The van der Waals surface area contributed by atoms with Crippen molar-refractivity contribution in [1.82, 2.24) is 4.72 Å². The topological polar surface area (TPSA) is 93.7 Å². The third kappa shape index (κ3) is 7.46. The highest BCUT2D eigenvalue weighted by Crippen LogP contribution is 2.29. The number of hydrogen-bond acceptors (Lipinski definition) is 6. The van der Waals surface area contributed by atoms with Crippen molar-refractivity contribution in [2.24, 2.45) is 0 Å². The van der Waals surface area contributed by atoms with Crippen molar-refractivity contribution in [3.63, 3.8) is 0 Å². The van der Waals surface area contributed by atoms with Gasteiger partial charge in [-0.1, -0.05) is 6.07 Å². The summed E-state index contributed by atoms with van der Waals surface area (Å²) in [5.41, 5.74) is 1.05. The molecule has 2 aromatic rings. The van der Waals surface area contributed by atoms with Crippen LogP contribution in [0.25, 0.3) is 6.08 Å². The minimum absolute atomic E-state index is 0.0233. The van der Waals surface area contributed by atoms with E-state index in [2.05, 4.69) is 5.32 Å². The molecule has 0 saturated heterocycles. The third-order valence-electron chi connectivity index (χ3n) is 3.54. The van der Waals surface area contributed by atoms with E-state index in [-0.39, 0.29) is 6.10 Å². The van der Waals surface area contributed by atoms with Crippen LogP contribution in [0.5, 0.6) is 11.5 Å². The summed E-state index contributed by atoms with van der Waals surface area (Å²) in [6.07, 6.45) is 2.54. The van der Waals surface area contributed by atoms with Crippen molar-refractivity contribution < 1.29 is 27.1 Å². The van der Waals surface area contributed by atoms with Crippen molar-refractivity contribution in [3.8, 4) is 11.5 Å². The van der Waals surface area contributed by atoms with E-state index in [0.29, 0.717) is 22.7 Å². The summed E-state index contributed by atoms with van der Waals surface area (Å²) in [4.78, 5) is 11.9. The molecule has 0 spiro atoms. The van der Waals surface area contributed by atoms with Gasteiger partial charge in [0.05, 0.1) is 13.2 Å². The first-order chi connectivity index (χ1) is 13.7. The van der Waals surface area contributed by atoms with Crippen molar-refractivity contribution in [3.05, 3.63) is 59.9 Å². The fraction of sp³-hybridized carbons (Fsp3) is 0.250. The highest BCUT2D eigenvalue weighted by molar-refractivity contribution is 7.90. The van der Waals surface area contributed by atoms with Gasteiger partial charge < -0.3 is 14.8 Å². The molecule has 9 heteroatoms. The monoisotopic (exact) mass is 422 g/mol. The zero-order valence-corrected chi connectivity index (χ0v) is 17.1. The van der Waals surface area contributed by atoms with Crippen LogP contribution in [0.4, 0.5) is 10.1 Å². The average molecular weight is 422 g/mol. The Morgan fingerprint density at radius 1 is 1.14 bits per heavy atom. The van der Waals surface area contributed by atoms with Gasteiger partial charge in [-0.25, -0.2) is 17.5 Å². The molecule has 0 fully saturated rings. The van der Waals surface area contributed by atoms with E-state index in [1.807, 2.05) is 18.6 Å². The van der Waals surface area contributed by atoms with Crippen LogP contribution in [0.2, 0.25) is 0 Å². The number of nitrogens with one attached hydrogen (secondary N) is 2. The van der Waals surface area contributed by atoms with Crippen molar-refractivity contribution >= 4 is 27.7 Å². The second-order valence-corrected chi connectivity index (χ2v) is 8.04. The van der Waals surface area contributed by atoms with Crippen LogP contribution < -0.4 is 19.5 Å². The van der Waals surface area contributed by atoms with Gasteiger partial charge in [0, 0.05) is 11.8 Å². The molecule has 0 aliphatic carbocycles. The first-order valence-corrected chi connectivity index (χ1v) is 10.4. The van der Waals surface area contributed by atoms with Gasteiger partial charge >= 0.3 is 0 Å². The van der Waals surface area contributed by atoms with Gasteiger partial charge in [-0.15, -0.1) is 0 Å². The van der Waals surface area contributed by atoms with Crippen LogP contribution in [-0.2, 0) is 14.8 Å². The molecule has 0 bridgehead atoms. The van der Waals surface area contributed by atoms with Crippen LogP contribution in [0.3, 0.4) is 0 Å². The van der Waals surface area contributed by atoms with Crippen LogP contribution >= 0.6 is 0 Å². The number of amides is 1. The number of ether oxygens (including phenoxy) is 2. The number of methoxy groups -OCH3 is 1. The van der Waals surface area contributed by atoms with Gasteiger partial charge in [-0.2, -0.15) is 0 Å². The van der Waals surface area contributed by atoms with Crippen molar-refractivity contribution in [2.75, 3.05) is 18.3 Å². The Hall–Kier alpha value is -3.07. The van der Waals surface area contributed by atoms with Crippen LogP contribution in [0.15, 0.2) is 48.5 Å². The molecule has 0 saturated carbocycles. The Bertz CT molecular complexity index is 973. The van der Waals surface area contributed by atoms with Crippen LogP contribution in [-0.4, -0.2) is 33.4 Å². The van der Waals surface area contributed by atoms with Gasteiger partial charge in [-0.05, 0) is 61.9 Å². The summed E-state index contributed by atoms with van der Waals surface area (Å²) < 4.78 is 49.7. The molecule has 7 nitrogen and oxygen atoms in total. The highest BCUT2D eigenvalue weighted by Gasteiger charge is 2.13. The van der Waals surface area contributed by atoms with Gasteiger partial charge in [-0.3, -0.25) is 4.79 Å². The maximum absolute atomic E-state index is 12.9. The second-order valence-electron chi connectivity index (χ2n) is 6.32. The molecule has 0 aromatic heterocycles. The molecule has 2 aromatic carbocycles. The number of hydrogen-bond donors (Lipinski definition) is 2. The van der Waals surface area contributed by atoms with Crippen molar-refractivity contribution in [1.29, 1.82) is 0 Å². The molecule has 0 aliphatic rings. The van der Waals surface area contributed by atoms with E-state index >= 15 is 0 Å². The minimum Gasteiger partial charge on any atom is -0.493 e. The fourth-order valence-corrected chi connectivity index (χ4v) is 3.08. The fourth-order valence-electron chi connectivity index (χ4n) is 2.28. The standard InChI is InChI=1S/C20H23FN2O5S/c1-14(2)28-18-10-4-15(12-19(18)27-3)5-11-20(24)23-29(25,26)13-22-17-8-6-16(21)7-9-17/h4-12,14,22H,13H2,1-3H3,(H,23,24). The Kier molecular flexibility index (Phi) is 7.60. The average Bonchev–Trinajstić information content (AvgIpc) is 2.66. The van der Waals surface area contributed by atoms with E-state index in [0.717, 1.165) is 6.08 Å². The predicted octanol–water partition coefficient (Wildman–Crippen LogP) is 3.15.